The smallest absolute Gasteiger partial charge is 0.356 e. The number of nitrogens with zero attached hydrogens (tertiary/aromatic N) is 1. The van der Waals surface area contributed by atoms with Crippen LogP contribution < -0.4 is 10.6 Å². The lowest BCUT2D eigenvalue weighted by Gasteiger charge is -2.41. The van der Waals surface area contributed by atoms with Crippen LogP contribution in [0.5, 0.6) is 0 Å². The summed E-state index contributed by atoms with van der Waals surface area (Å²) in [6, 6.07) is 9.15. The van der Waals surface area contributed by atoms with Crippen molar-refractivity contribution in [2.75, 3.05) is 13.1 Å². The number of carboxylic acids is 1. The first kappa shape index (κ1) is 21.4. The molecule has 9 nitrogen and oxygen atoms in total. The van der Waals surface area contributed by atoms with Gasteiger partial charge in [-0.05, 0) is 5.56 Å². The van der Waals surface area contributed by atoms with Gasteiger partial charge in [-0.15, -0.1) is 0 Å². The van der Waals surface area contributed by atoms with Gasteiger partial charge in [0.05, 0.1) is 13.0 Å². The monoisotopic (exact) mass is 415 g/mol. The second-order valence-electron chi connectivity index (χ2n) is 8.30. The van der Waals surface area contributed by atoms with Gasteiger partial charge in [-0.1, -0.05) is 51.1 Å². The third-order valence-corrected chi connectivity index (χ3v) is 4.90. The zero-order valence-corrected chi connectivity index (χ0v) is 17.1. The SMILES string of the molecule is CC(C)(C)C1=C(C(=O)O)N2C(=O)[C@H](CNC(=O)CNC(=O)Cc3ccccc3)[C@H]2O1. The number of β-lactam (4-membered cyclic amide) rings is 1. The van der Waals surface area contributed by atoms with Crippen LogP contribution in [0.25, 0.3) is 0 Å². The van der Waals surface area contributed by atoms with Crippen LogP contribution >= 0.6 is 0 Å². The number of carboxylic acid groups (broad SMARTS) is 1. The molecular weight excluding hydrogens is 390 g/mol. The van der Waals surface area contributed by atoms with Crippen molar-refractivity contribution in [3.05, 3.63) is 47.4 Å². The summed E-state index contributed by atoms with van der Waals surface area (Å²) >= 11 is 0. The fraction of sp³-hybridized carbons (Fsp3) is 0.429. The van der Waals surface area contributed by atoms with Gasteiger partial charge in [0.25, 0.3) is 0 Å². The molecule has 0 aromatic heterocycles. The minimum absolute atomic E-state index is 0.00227. The number of hydrogen-bond acceptors (Lipinski definition) is 5. The zero-order chi connectivity index (χ0) is 22.1. The molecule has 1 aromatic rings. The van der Waals surface area contributed by atoms with Crippen molar-refractivity contribution in [1.82, 2.24) is 15.5 Å². The van der Waals surface area contributed by atoms with Crippen molar-refractivity contribution in [2.24, 2.45) is 11.3 Å². The summed E-state index contributed by atoms with van der Waals surface area (Å²) in [6.07, 6.45) is -0.579. The normalized spacial score (nSPS) is 20.2. The molecule has 2 aliphatic rings. The van der Waals surface area contributed by atoms with E-state index in [1.54, 1.807) is 20.8 Å². The number of rotatable bonds is 7. The van der Waals surface area contributed by atoms with Gasteiger partial charge in [0.2, 0.25) is 17.7 Å². The maximum absolute atomic E-state index is 12.4. The molecule has 2 aliphatic heterocycles. The van der Waals surface area contributed by atoms with Crippen LogP contribution in [0.3, 0.4) is 0 Å². The van der Waals surface area contributed by atoms with E-state index in [4.69, 9.17) is 4.74 Å². The Bertz CT molecular complexity index is 903. The summed E-state index contributed by atoms with van der Waals surface area (Å²) in [5.74, 6) is -2.79. The molecule has 3 N–H and O–H groups in total. The molecule has 0 radical (unpaired) electrons. The molecular formula is C21H25N3O6. The number of ether oxygens (including phenoxy) is 1. The number of nitrogens with one attached hydrogen (secondary N) is 2. The molecule has 3 amide bonds. The molecule has 2 atom stereocenters. The predicted molar refractivity (Wildman–Crippen MR) is 105 cm³/mol. The van der Waals surface area contributed by atoms with Gasteiger partial charge in [-0.2, -0.15) is 0 Å². The molecule has 0 unspecified atom stereocenters. The van der Waals surface area contributed by atoms with E-state index in [2.05, 4.69) is 10.6 Å². The largest absolute Gasteiger partial charge is 0.476 e. The van der Waals surface area contributed by atoms with Gasteiger partial charge in [-0.3, -0.25) is 19.3 Å². The van der Waals surface area contributed by atoms with Crippen molar-refractivity contribution < 1.29 is 29.0 Å². The van der Waals surface area contributed by atoms with Crippen molar-refractivity contribution in [2.45, 2.75) is 33.4 Å². The molecule has 0 spiro atoms. The van der Waals surface area contributed by atoms with Crippen LogP contribution in [0.1, 0.15) is 26.3 Å². The number of carbonyl (C=O) groups excluding carboxylic acids is 3. The Morgan fingerprint density at radius 2 is 1.77 bits per heavy atom. The number of fused-ring (bicyclic) bond motifs is 1. The van der Waals surface area contributed by atoms with E-state index < -0.39 is 35.3 Å². The number of benzene rings is 1. The van der Waals surface area contributed by atoms with E-state index in [-0.39, 0.29) is 36.9 Å². The molecule has 0 aliphatic carbocycles. The number of aliphatic carboxylic acids is 1. The van der Waals surface area contributed by atoms with Crippen LogP contribution in [0.15, 0.2) is 41.8 Å². The quantitative estimate of drug-likeness (QED) is 0.561. The standard InChI is InChI=1S/C21H25N3O6/c1-21(2,3)17-16(20(28)29)24-18(27)13(19(24)30-17)10-22-15(26)11-23-14(25)9-12-7-5-4-6-8-12/h4-8,13,19H,9-11H2,1-3H3,(H,22,26)(H,23,25)(H,28,29)/t13-,19+/m0/s1. The number of amides is 3. The average molecular weight is 415 g/mol. The lowest BCUT2D eigenvalue weighted by atomic mass is 9.91. The zero-order valence-electron chi connectivity index (χ0n) is 17.1. The second-order valence-corrected chi connectivity index (χ2v) is 8.30. The van der Waals surface area contributed by atoms with Crippen molar-refractivity contribution in [1.29, 1.82) is 0 Å². The minimum Gasteiger partial charge on any atom is -0.476 e. The highest BCUT2D eigenvalue weighted by Crippen LogP contribution is 2.45. The Morgan fingerprint density at radius 3 is 2.37 bits per heavy atom. The topological polar surface area (TPSA) is 125 Å². The fourth-order valence-electron chi connectivity index (χ4n) is 3.41. The van der Waals surface area contributed by atoms with Crippen molar-refractivity contribution in [3.8, 4) is 0 Å². The predicted octanol–water partition coefficient (Wildman–Crippen LogP) is 0.619. The second kappa shape index (κ2) is 8.17. The van der Waals surface area contributed by atoms with E-state index in [0.717, 1.165) is 10.5 Å². The number of carbonyl (C=O) groups is 4. The van der Waals surface area contributed by atoms with E-state index in [9.17, 15) is 24.3 Å². The van der Waals surface area contributed by atoms with Crippen molar-refractivity contribution in [3.63, 3.8) is 0 Å². The first-order valence-electron chi connectivity index (χ1n) is 9.64. The highest BCUT2D eigenvalue weighted by molar-refractivity contribution is 5.99. The van der Waals surface area contributed by atoms with E-state index in [1.165, 1.54) is 0 Å². The van der Waals surface area contributed by atoms with Crippen molar-refractivity contribution >= 4 is 23.7 Å². The van der Waals surface area contributed by atoms with Gasteiger partial charge in [-0.25, -0.2) is 4.79 Å². The lowest BCUT2D eigenvalue weighted by molar-refractivity contribution is -0.172. The highest BCUT2D eigenvalue weighted by atomic mass is 16.5. The van der Waals surface area contributed by atoms with E-state index in [0.29, 0.717) is 0 Å². The van der Waals surface area contributed by atoms with Crippen LogP contribution in [0, 0.1) is 11.3 Å². The highest BCUT2D eigenvalue weighted by Gasteiger charge is 2.58. The summed E-state index contributed by atoms with van der Waals surface area (Å²) in [7, 11) is 0. The lowest BCUT2D eigenvalue weighted by Crippen LogP contribution is -2.62. The Balaban J connectivity index is 1.48. The first-order valence-corrected chi connectivity index (χ1v) is 9.64. The van der Waals surface area contributed by atoms with Crippen LogP contribution in [-0.2, 0) is 30.3 Å². The third-order valence-electron chi connectivity index (χ3n) is 4.90. The molecule has 1 fully saturated rings. The van der Waals surface area contributed by atoms with Gasteiger partial charge >= 0.3 is 5.97 Å². The average Bonchev–Trinajstić information content (AvgIpc) is 3.04. The Kier molecular flexibility index (Phi) is 5.82. The van der Waals surface area contributed by atoms with Gasteiger partial charge in [0.1, 0.15) is 11.7 Å². The number of allylic oxidation sites excluding steroid dienone is 1. The summed E-state index contributed by atoms with van der Waals surface area (Å²) in [4.78, 5) is 49.1. The van der Waals surface area contributed by atoms with Crippen LogP contribution in [0.4, 0.5) is 0 Å². The molecule has 0 bridgehead atoms. The van der Waals surface area contributed by atoms with Gasteiger partial charge < -0.3 is 20.5 Å². The molecule has 30 heavy (non-hydrogen) atoms. The Morgan fingerprint density at radius 1 is 1.10 bits per heavy atom. The molecule has 2 heterocycles. The summed E-state index contributed by atoms with van der Waals surface area (Å²) in [5, 5.41) is 14.6. The van der Waals surface area contributed by atoms with E-state index >= 15 is 0 Å². The fourth-order valence-corrected chi connectivity index (χ4v) is 3.41. The molecule has 1 saturated heterocycles. The van der Waals surface area contributed by atoms with Crippen LogP contribution in [0.2, 0.25) is 0 Å². The minimum atomic E-state index is -1.22. The first-order chi connectivity index (χ1) is 14.1. The van der Waals surface area contributed by atoms with Crippen LogP contribution in [-0.4, -0.2) is 53.0 Å². The molecule has 9 heteroatoms. The summed E-state index contributed by atoms with van der Waals surface area (Å²) in [5.41, 5.74) is 0.112. The third kappa shape index (κ3) is 4.29. The Hall–Kier alpha value is -3.36. The number of hydrogen-bond donors (Lipinski definition) is 3. The Labute approximate surface area is 174 Å². The molecule has 3 rings (SSSR count). The summed E-state index contributed by atoms with van der Waals surface area (Å²) in [6.45, 7) is 5.19. The molecule has 160 valence electrons. The van der Waals surface area contributed by atoms with Gasteiger partial charge in [0.15, 0.2) is 11.9 Å². The maximum Gasteiger partial charge on any atom is 0.356 e. The maximum atomic E-state index is 12.4. The van der Waals surface area contributed by atoms with Gasteiger partial charge in [0, 0.05) is 12.0 Å². The van der Waals surface area contributed by atoms with E-state index in [1.807, 2.05) is 30.3 Å². The molecule has 0 saturated carbocycles. The summed E-state index contributed by atoms with van der Waals surface area (Å²) < 4.78 is 5.76. The molecule has 1 aromatic carbocycles.